The van der Waals surface area contributed by atoms with Crippen LogP contribution in [0.3, 0.4) is 0 Å². The van der Waals surface area contributed by atoms with E-state index in [4.69, 9.17) is 9.47 Å². The molecular weight excluding hydrogens is 320 g/mol. The Labute approximate surface area is 147 Å². The van der Waals surface area contributed by atoms with E-state index < -0.39 is 0 Å². The highest BCUT2D eigenvalue weighted by Crippen LogP contribution is 2.30. The summed E-state index contributed by atoms with van der Waals surface area (Å²) in [6.07, 6.45) is 3.26. The Bertz CT molecular complexity index is 716. The Kier molecular flexibility index (Phi) is 5.65. The number of rotatable bonds is 6. The topological polar surface area (TPSA) is 80.3 Å². The van der Waals surface area contributed by atoms with E-state index in [9.17, 15) is 4.79 Å². The molecule has 1 fully saturated rings. The predicted molar refractivity (Wildman–Crippen MR) is 92.1 cm³/mol. The summed E-state index contributed by atoms with van der Waals surface area (Å²) in [5.41, 5.74) is 0.898. The summed E-state index contributed by atoms with van der Waals surface area (Å²) in [6.45, 7) is 1.11. The van der Waals surface area contributed by atoms with Gasteiger partial charge in [-0.25, -0.2) is 4.98 Å². The van der Waals surface area contributed by atoms with Gasteiger partial charge in [0.25, 0.3) is 0 Å². The molecular formula is C18H24N4O3. The number of nitrogens with zero attached hydrogens (tertiary/aromatic N) is 3. The Morgan fingerprint density at radius 2 is 2.16 bits per heavy atom. The lowest BCUT2D eigenvalue weighted by Crippen LogP contribution is -2.40. The molecule has 3 rings (SSSR count). The Balaban J connectivity index is 1.76. The lowest BCUT2D eigenvalue weighted by Gasteiger charge is -2.34. The zero-order valence-corrected chi connectivity index (χ0v) is 14.7. The summed E-state index contributed by atoms with van der Waals surface area (Å²) in [4.78, 5) is 19.3. The molecule has 7 nitrogen and oxygen atoms in total. The molecule has 1 N–H and O–H groups in total. The minimum Gasteiger partial charge on any atom is -0.496 e. The summed E-state index contributed by atoms with van der Waals surface area (Å²) in [5, 5.41) is 7.18. The first-order chi connectivity index (χ1) is 12.2. The Morgan fingerprint density at radius 1 is 1.32 bits per heavy atom. The monoisotopic (exact) mass is 344 g/mol. The van der Waals surface area contributed by atoms with Gasteiger partial charge in [0.05, 0.1) is 19.6 Å². The van der Waals surface area contributed by atoms with Crippen molar-refractivity contribution in [2.24, 2.45) is 0 Å². The van der Waals surface area contributed by atoms with Crippen molar-refractivity contribution in [3.05, 3.63) is 41.5 Å². The van der Waals surface area contributed by atoms with Crippen LogP contribution in [0.25, 0.3) is 0 Å². The van der Waals surface area contributed by atoms with E-state index in [0.29, 0.717) is 24.7 Å². The average molecular weight is 344 g/mol. The number of carbonyl (C=O) groups excluding carboxylic acids is 1. The molecule has 2 aromatic rings. The molecule has 7 heteroatoms. The third-order valence-corrected chi connectivity index (χ3v) is 4.49. The smallest absolute Gasteiger partial charge is 0.227 e. The van der Waals surface area contributed by atoms with E-state index in [1.165, 1.54) is 0 Å². The normalized spacial score (nSPS) is 17.5. The van der Waals surface area contributed by atoms with Gasteiger partial charge < -0.3 is 14.4 Å². The van der Waals surface area contributed by atoms with E-state index in [2.05, 4.69) is 15.2 Å². The minimum absolute atomic E-state index is 0.0762. The van der Waals surface area contributed by atoms with Gasteiger partial charge >= 0.3 is 0 Å². The number of aromatic amines is 1. The van der Waals surface area contributed by atoms with Crippen molar-refractivity contribution in [3.8, 4) is 5.75 Å². The highest BCUT2D eigenvalue weighted by Gasteiger charge is 2.31. The molecule has 134 valence electrons. The van der Waals surface area contributed by atoms with Gasteiger partial charge in [0, 0.05) is 19.2 Å². The third kappa shape index (κ3) is 3.99. The molecule has 1 amide bonds. The van der Waals surface area contributed by atoms with Gasteiger partial charge in [-0.15, -0.1) is 0 Å². The first-order valence-electron chi connectivity index (χ1n) is 8.54. The Morgan fingerprint density at radius 3 is 2.96 bits per heavy atom. The van der Waals surface area contributed by atoms with E-state index in [1.54, 1.807) is 14.2 Å². The zero-order valence-electron chi connectivity index (χ0n) is 14.7. The van der Waals surface area contributed by atoms with Crippen LogP contribution in [0.1, 0.15) is 42.5 Å². The fourth-order valence-corrected chi connectivity index (χ4v) is 3.27. The number of piperidine rings is 1. The molecule has 1 saturated heterocycles. The van der Waals surface area contributed by atoms with Crippen molar-refractivity contribution in [1.82, 2.24) is 20.1 Å². The molecule has 0 bridgehead atoms. The molecule has 0 spiro atoms. The molecule has 1 atom stereocenters. The predicted octanol–water partition coefficient (Wildman–Crippen LogP) is 2.26. The number of methoxy groups -OCH3 is 2. The van der Waals surface area contributed by atoms with Gasteiger partial charge in [-0.2, -0.15) is 5.10 Å². The van der Waals surface area contributed by atoms with Gasteiger partial charge in [-0.05, 0) is 25.3 Å². The maximum absolute atomic E-state index is 12.9. The second-order valence-corrected chi connectivity index (χ2v) is 6.16. The molecule has 1 aliphatic rings. The molecule has 1 aromatic carbocycles. The standard InChI is InChI=1S/C18H24N4O3/c1-24-12-16-19-18(21-20-16)14-8-5-6-10-22(14)17(23)11-13-7-3-4-9-15(13)25-2/h3-4,7,9,14H,5-6,8,10-12H2,1-2H3,(H,19,20,21)/t14-/m0/s1. The summed E-state index contributed by atoms with van der Waals surface area (Å²) in [7, 11) is 3.24. The van der Waals surface area contributed by atoms with Crippen LogP contribution in [0, 0.1) is 0 Å². The van der Waals surface area contributed by atoms with Gasteiger partial charge in [0.15, 0.2) is 11.6 Å². The van der Waals surface area contributed by atoms with Crippen molar-refractivity contribution in [3.63, 3.8) is 0 Å². The number of carbonyl (C=O) groups is 1. The van der Waals surface area contributed by atoms with Crippen LogP contribution in [0.5, 0.6) is 5.75 Å². The maximum atomic E-state index is 12.9. The Hall–Kier alpha value is -2.41. The van der Waals surface area contributed by atoms with Crippen molar-refractivity contribution in [1.29, 1.82) is 0 Å². The van der Waals surface area contributed by atoms with Crippen molar-refractivity contribution in [2.45, 2.75) is 38.3 Å². The molecule has 1 aromatic heterocycles. The summed E-state index contributed by atoms with van der Waals surface area (Å²) >= 11 is 0. The van der Waals surface area contributed by atoms with Crippen LogP contribution in [0.15, 0.2) is 24.3 Å². The van der Waals surface area contributed by atoms with Crippen LogP contribution in [-0.4, -0.2) is 46.8 Å². The number of H-pyrrole nitrogens is 1. The summed E-state index contributed by atoms with van der Waals surface area (Å²) in [5.74, 6) is 2.16. The first kappa shape index (κ1) is 17.4. The minimum atomic E-state index is -0.0854. The largest absolute Gasteiger partial charge is 0.496 e. The summed E-state index contributed by atoms with van der Waals surface area (Å²) in [6, 6.07) is 7.55. The lowest BCUT2D eigenvalue weighted by atomic mass is 10.00. The van der Waals surface area contributed by atoms with E-state index in [0.717, 1.165) is 37.1 Å². The number of hydrogen-bond donors (Lipinski definition) is 1. The average Bonchev–Trinajstić information content (AvgIpc) is 3.11. The number of benzene rings is 1. The van der Waals surface area contributed by atoms with Crippen LogP contribution in [-0.2, 0) is 22.6 Å². The summed E-state index contributed by atoms with van der Waals surface area (Å²) < 4.78 is 10.4. The van der Waals surface area contributed by atoms with Crippen LogP contribution < -0.4 is 4.74 Å². The van der Waals surface area contributed by atoms with Crippen molar-refractivity contribution in [2.75, 3.05) is 20.8 Å². The van der Waals surface area contributed by atoms with E-state index in [-0.39, 0.29) is 11.9 Å². The van der Waals surface area contributed by atoms with Gasteiger partial charge in [-0.3, -0.25) is 9.89 Å². The molecule has 25 heavy (non-hydrogen) atoms. The fourth-order valence-electron chi connectivity index (χ4n) is 3.27. The molecule has 0 saturated carbocycles. The van der Waals surface area contributed by atoms with Gasteiger partial charge in [0.2, 0.25) is 5.91 Å². The van der Waals surface area contributed by atoms with Crippen LogP contribution >= 0.6 is 0 Å². The van der Waals surface area contributed by atoms with Gasteiger partial charge in [0.1, 0.15) is 12.4 Å². The fraction of sp³-hybridized carbons (Fsp3) is 0.500. The second kappa shape index (κ2) is 8.11. The maximum Gasteiger partial charge on any atom is 0.227 e. The number of hydrogen-bond acceptors (Lipinski definition) is 5. The van der Waals surface area contributed by atoms with Crippen LogP contribution in [0.4, 0.5) is 0 Å². The molecule has 0 unspecified atom stereocenters. The quantitative estimate of drug-likeness (QED) is 0.869. The second-order valence-electron chi connectivity index (χ2n) is 6.16. The molecule has 1 aliphatic heterocycles. The number of para-hydroxylation sites is 1. The zero-order chi connectivity index (χ0) is 17.6. The first-order valence-corrected chi connectivity index (χ1v) is 8.54. The van der Waals surface area contributed by atoms with E-state index in [1.807, 2.05) is 29.2 Å². The molecule has 2 heterocycles. The number of aromatic nitrogens is 3. The van der Waals surface area contributed by atoms with Crippen molar-refractivity contribution < 1.29 is 14.3 Å². The molecule has 0 radical (unpaired) electrons. The number of nitrogens with one attached hydrogen (secondary N) is 1. The van der Waals surface area contributed by atoms with Crippen molar-refractivity contribution >= 4 is 5.91 Å². The third-order valence-electron chi connectivity index (χ3n) is 4.49. The highest BCUT2D eigenvalue weighted by atomic mass is 16.5. The van der Waals surface area contributed by atoms with Gasteiger partial charge in [-0.1, -0.05) is 18.2 Å². The highest BCUT2D eigenvalue weighted by molar-refractivity contribution is 5.80. The van der Waals surface area contributed by atoms with E-state index >= 15 is 0 Å². The number of amides is 1. The number of likely N-dealkylation sites (tertiary alicyclic amines) is 1. The molecule has 0 aliphatic carbocycles. The number of ether oxygens (including phenoxy) is 2. The SMILES string of the molecule is COCc1nc([C@@H]2CCCCN2C(=O)Cc2ccccc2OC)n[nH]1. The lowest BCUT2D eigenvalue weighted by molar-refractivity contribution is -0.134. The van der Waals surface area contributed by atoms with Crippen LogP contribution in [0.2, 0.25) is 0 Å².